The van der Waals surface area contributed by atoms with Gasteiger partial charge in [-0.05, 0) is 12.1 Å². The third-order valence-corrected chi connectivity index (χ3v) is 2.55. The van der Waals surface area contributed by atoms with Gasteiger partial charge in [-0.2, -0.15) is 0 Å². The highest BCUT2D eigenvalue weighted by Gasteiger charge is 2.20. The van der Waals surface area contributed by atoms with E-state index in [1.165, 1.54) is 31.4 Å². The molecule has 1 unspecified atom stereocenters. The first-order valence-corrected chi connectivity index (χ1v) is 5.72. The predicted molar refractivity (Wildman–Crippen MR) is 68.5 cm³/mol. The van der Waals surface area contributed by atoms with Crippen LogP contribution in [-0.4, -0.2) is 41.7 Å². The molecule has 0 saturated carbocycles. The van der Waals surface area contributed by atoms with Gasteiger partial charge in [0.25, 0.3) is 11.6 Å². The molecule has 108 valence electrons. The maximum atomic E-state index is 11.8. The molecule has 0 radical (unpaired) electrons. The largest absolute Gasteiger partial charge is 0.480 e. The number of methoxy groups -OCH3 is 1. The maximum absolute atomic E-state index is 11.8. The van der Waals surface area contributed by atoms with Gasteiger partial charge in [-0.1, -0.05) is 0 Å². The molecule has 0 spiro atoms. The van der Waals surface area contributed by atoms with E-state index in [4.69, 9.17) is 9.84 Å². The molecule has 0 aromatic heterocycles. The fourth-order valence-electron chi connectivity index (χ4n) is 1.47. The fourth-order valence-corrected chi connectivity index (χ4v) is 1.47. The van der Waals surface area contributed by atoms with Gasteiger partial charge >= 0.3 is 5.97 Å². The van der Waals surface area contributed by atoms with Gasteiger partial charge < -0.3 is 15.2 Å². The van der Waals surface area contributed by atoms with Crippen LogP contribution in [0.15, 0.2) is 24.3 Å². The van der Waals surface area contributed by atoms with Crippen molar-refractivity contribution in [2.24, 2.45) is 0 Å². The molecule has 0 aliphatic heterocycles. The van der Waals surface area contributed by atoms with Crippen molar-refractivity contribution in [2.45, 2.75) is 12.5 Å². The summed E-state index contributed by atoms with van der Waals surface area (Å²) in [7, 11) is 1.43. The summed E-state index contributed by atoms with van der Waals surface area (Å²) in [6.07, 6.45) is 0.130. The number of nitro groups is 1. The van der Waals surface area contributed by atoms with Crippen molar-refractivity contribution in [2.75, 3.05) is 13.7 Å². The van der Waals surface area contributed by atoms with Crippen LogP contribution in [0.3, 0.4) is 0 Å². The van der Waals surface area contributed by atoms with Gasteiger partial charge in [0.1, 0.15) is 6.04 Å². The number of nitrogens with one attached hydrogen (secondary N) is 1. The van der Waals surface area contributed by atoms with Crippen molar-refractivity contribution >= 4 is 17.6 Å². The number of nitro benzene ring substituents is 1. The molecule has 0 heterocycles. The molecule has 0 fully saturated rings. The lowest BCUT2D eigenvalue weighted by Gasteiger charge is -2.13. The maximum Gasteiger partial charge on any atom is 0.326 e. The lowest BCUT2D eigenvalue weighted by molar-refractivity contribution is -0.384. The van der Waals surface area contributed by atoms with Crippen LogP contribution in [0.1, 0.15) is 16.8 Å². The Labute approximate surface area is 114 Å². The second kappa shape index (κ2) is 7.19. The molecule has 2 N–H and O–H groups in total. The lowest BCUT2D eigenvalue weighted by atomic mass is 10.1. The SMILES string of the molecule is COCCC(NC(=O)c1ccc([N+](=O)[O-])cc1)C(=O)O. The van der Waals surface area contributed by atoms with Crippen molar-refractivity contribution in [1.29, 1.82) is 0 Å². The molecule has 0 saturated heterocycles. The second-order valence-corrected chi connectivity index (χ2v) is 3.95. The molecule has 0 aliphatic rings. The summed E-state index contributed by atoms with van der Waals surface area (Å²) >= 11 is 0. The first-order chi connectivity index (χ1) is 9.45. The first kappa shape index (κ1) is 15.6. The Kier molecular flexibility index (Phi) is 5.60. The van der Waals surface area contributed by atoms with Crippen LogP contribution in [0.2, 0.25) is 0 Å². The number of carbonyl (C=O) groups excluding carboxylic acids is 1. The number of hydrogen-bond acceptors (Lipinski definition) is 5. The number of ether oxygens (including phenoxy) is 1. The fraction of sp³-hybridized carbons (Fsp3) is 0.333. The van der Waals surface area contributed by atoms with Crippen molar-refractivity contribution in [3.05, 3.63) is 39.9 Å². The topological polar surface area (TPSA) is 119 Å². The minimum atomic E-state index is -1.17. The van der Waals surface area contributed by atoms with Crippen LogP contribution in [-0.2, 0) is 9.53 Å². The number of amides is 1. The summed E-state index contributed by atoms with van der Waals surface area (Å²) in [6, 6.07) is 3.82. The standard InChI is InChI=1S/C12H14N2O6/c1-20-7-6-10(12(16)17)13-11(15)8-2-4-9(5-3-8)14(18)19/h2-5,10H,6-7H2,1H3,(H,13,15)(H,16,17). The average Bonchev–Trinajstić information content (AvgIpc) is 2.42. The molecule has 1 aromatic rings. The summed E-state index contributed by atoms with van der Waals surface area (Å²) in [5.74, 6) is -1.78. The van der Waals surface area contributed by atoms with E-state index in [9.17, 15) is 19.7 Å². The zero-order valence-electron chi connectivity index (χ0n) is 10.7. The Bertz CT molecular complexity index is 499. The molecule has 0 bridgehead atoms. The number of rotatable bonds is 7. The van der Waals surface area contributed by atoms with Crippen LogP contribution in [0, 0.1) is 10.1 Å². The van der Waals surface area contributed by atoms with Crippen LogP contribution in [0.25, 0.3) is 0 Å². The summed E-state index contributed by atoms with van der Waals surface area (Å²) in [5, 5.41) is 21.8. The number of carboxylic acid groups (broad SMARTS) is 1. The van der Waals surface area contributed by atoms with E-state index >= 15 is 0 Å². The molecule has 1 rings (SSSR count). The van der Waals surface area contributed by atoms with Gasteiger partial charge in [-0.25, -0.2) is 4.79 Å². The van der Waals surface area contributed by atoms with Crippen LogP contribution in [0.4, 0.5) is 5.69 Å². The molecule has 20 heavy (non-hydrogen) atoms. The minimum Gasteiger partial charge on any atom is -0.480 e. The van der Waals surface area contributed by atoms with E-state index in [0.29, 0.717) is 0 Å². The molecule has 8 nitrogen and oxygen atoms in total. The second-order valence-electron chi connectivity index (χ2n) is 3.95. The number of carbonyl (C=O) groups is 2. The number of hydrogen-bond donors (Lipinski definition) is 2. The Balaban J connectivity index is 2.73. The summed E-state index contributed by atoms with van der Waals surface area (Å²) in [6.45, 7) is 0.192. The van der Waals surface area contributed by atoms with Crippen molar-refractivity contribution in [3.8, 4) is 0 Å². The van der Waals surface area contributed by atoms with Crippen molar-refractivity contribution in [3.63, 3.8) is 0 Å². The molecule has 1 amide bonds. The zero-order valence-corrected chi connectivity index (χ0v) is 10.7. The molecule has 1 aromatic carbocycles. The van der Waals surface area contributed by atoms with Crippen LogP contribution >= 0.6 is 0 Å². The third kappa shape index (κ3) is 4.32. The van der Waals surface area contributed by atoms with E-state index < -0.39 is 22.8 Å². The Morgan fingerprint density at radius 1 is 1.40 bits per heavy atom. The summed E-state index contributed by atoms with van der Waals surface area (Å²) < 4.78 is 4.76. The van der Waals surface area contributed by atoms with Gasteiger partial charge in [-0.3, -0.25) is 14.9 Å². The minimum absolute atomic E-state index is 0.130. The highest BCUT2D eigenvalue weighted by molar-refractivity contribution is 5.96. The van der Waals surface area contributed by atoms with E-state index in [2.05, 4.69) is 5.32 Å². The van der Waals surface area contributed by atoms with Gasteiger partial charge in [-0.15, -0.1) is 0 Å². The smallest absolute Gasteiger partial charge is 0.326 e. The third-order valence-electron chi connectivity index (χ3n) is 2.55. The van der Waals surface area contributed by atoms with Gasteiger partial charge in [0.05, 0.1) is 4.92 Å². The zero-order chi connectivity index (χ0) is 15.1. The van der Waals surface area contributed by atoms with E-state index in [0.717, 1.165) is 0 Å². The van der Waals surface area contributed by atoms with Gasteiger partial charge in [0.2, 0.25) is 0 Å². The number of aliphatic carboxylic acids is 1. The predicted octanol–water partition coefficient (Wildman–Crippen LogP) is 0.814. The Morgan fingerprint density at radius 3 is 2.45 bits per heavy atom. The quantitative estimate of drug-likeness (QED) is 0.564. The number of carboxylic acids is 1. The molecular formula is C12H14N2O6. The monoisotopic (exact) mass is 282 g/mol. The van der Waals surface area contributed by atoms with Crippen molar-refractivity contribution in [1.82, 2.24) is 5.32 Å². The molecule has 8 heteroatoms. The van der Waals surface area contributed by atoms with E-state index in [1.807, 2.05) is 0 Å². The Morgan fingerprint density at radius 2 is 2.00 bits per heavy atom. The lowest BCUT2D eigenvalue weighted by Crippen LogP contribution is -2.41. The molecule has 1 atom stereocenters. The number of non-ortho nitro benzene ring substituents is 1. The molecule has 0 aliphatic carbocycles. The van der Waals surface area contributed by atoms with E-state index in [-0.39, 0.29) is 24.3 Å². The highest BCUT2D eigenvalue weighted by Crippen LogP contribution is 2.12. The molecular weight excluding hydrogens is 268 g/mol. The normalized spacial score (nSPS) is 11.7. The van der Waals surface area contributed by atoms with Crippen molar-refractivity contribution < 1.29 is 24.4 Å². The average molecular weight is 282 g/mol. The van der Waals surface area contributed by atoms with E-state index in [1.54, 1.807) is 0 Å². The van der Waals surface area contributed by atoms with Gasteiger partial charge in [0.15, 0.2) is 0 Å². The van der Waals surface area contributed by atoms with Gasteiger partial charge in [0, 0.05) is 37.8 Å². The highest BCUT2D eigenvalue weighted by atomic mass is 16.6. The number of benzene rings is 1. The first-order valence-electron chi connectivity index (χ1n) is 5.72. The van der Waals surface area contributed by atoms with Crippen LogP contribution < -0.4 is 5.32 Å². The Hall–Kier alpha value is -2.48. The van der Waals surface area contributed by atoms with Crippen LogP contribution in [0.5, 0.6) is 0 Å². The summed E-state index contributed by atoms with van der Waals surface area (Å²) in [5.41, 5.74) is 0.00924. The number of nitrogens with zero attached hydrogens (tertiary/aromatic N) is 1. The summed E-state index contributed by atoms with van der Waals surface area (Å²) in [4.78, 5) is 32.7.